The largest absolute Gasteiger partial charge is 0.482 e. The van der Waals surface area contributed by atoms with Crippen LogP contribution >= 0.6 is 23.8 Å². The van der Waals surface area contributed by atoms with Crippen molar-refractivity contribution in [3.05, 3.63) is 28.8 Å². The normalized spacial score (nSPS) is 10.3. The number of primary amides is 1. The molecule has 96 valence electrons. The quantitative estimate of drug-likeness (QED) is 0.412. The Kier molecular flexibility index (Phi) is 5.34. The summed E-state index contributed by atoms with van der Waals surface area (Å²) in [6, 6.07) is 4.92. The number of benzene rings is 1. The molecule has 0 heterocycles. The van der Waals surface area contributed by atoms with Gasteiger partial charge in [0, 0.05) is 0 Å². The molecule has 6 nitrogen and oxygen atoms in total. The zero-order chi connectivity index (χ0) is 13.5. The van der Waals surface area contributed by atoms with Crippen LogP contribution < -0.4 is 21.6 Å². The third-order valence-electron chi connectivity index (χ3n) is 1.71. The zero-order valence-corrected chi connectivity index (χ0v) is 10.8. The van der Waals surface area contributed by atoms with Crippen LogP contribution in [-0.2, 0) is 4.79 Å². The predicted octanol–water partition coefficient (Wildman–Crippen LogP) is 0.371. The number of rotatable bonds is 5. The van der Waals surface area contributed by atoms with Crippen molar-refractivity contribution in [2.45, 2.75) is 0 Å². The lowest BCUT2D eigenvalue weighted by Gasteiger charge is -2.06. The summed E-state index contributed by atoms with van der Waals surface area (Å²) in [5.74, 6) is -0.202. The molecule has 0 aliphatic rings. The first-order valence-corrected chi connectivity index (χ1v) is 5.57. The van der Waals surface area contributed by atoms with Crippen LogP contribution in [-0.4, -0.2) is 23.8 Å². The van der Waals surface area contributed by atoms with Crippen molar-refractivity contribution >= 4 is 41.1 Å². The molecule has 8 heteroatoms. The Morgan fingerprint density at radius 3 is 2.83 bits per heavy atom. The first-order chi connectivity index (χ1) is 8.49. The second kappa shape index (κ2) is 6.77. The summed E-state index contributed by atoms with van der Waals surface area (Å²) < 4.78 is 5.09. The van der Waals surface area contributed by atoms with E-state index in [-0.39, 0.29) is 11.7 Å². The number of ether oxygens (including phenoxy) is 1. The topological polar surface area (TPSA) is 103 Å². The molecule has 1 amide bonds. The van der Waals surface area contributed by atoms with Gasteiger partial charge in [-0.1, -0.05) is 11.6 Å². The molecule has 0 aliphatic carbocycles. The molecule has 0 atom stereocenters. The Morgan fingerprint density at radius 1 is 1.56 bits per heavy atom. The third kappa shape index (κ3) is 4.98. The summed E-state index contributed by atoms with van der Waals surface area (Å²) >= 11 is 10.5. The maximum absolute atomic E-state index is 10.6. The van der Waals surface area contributed by atoms with Crippen molar-refractivity contribution in [1.82, 2.24) is 5.43 Å². The van der Waals surface area contributed by atoms with E-state index in [1.807, 2.05) is 0 Å². The van der Waals surface area contributed by atoms with Gasteiger partial charge in [0.05, 0.1) is 11.2 Å². The first kappa shape index (κ1) is 14.2. The van der Waals surface area contributed by atoms with E-state index in [0.717, 1.165) is 5.56 Å². The Morgan fingerprint density at radius 2 is 2.28 bits per heavy atom. The van der Waals surface area contributed by atoms with Crippen LogP contribution in [0.4, 0.5) is 0 Å². The molecule has 1 rings (SSSR count). The van der Waals surface area contributed by atoms with Crippen LogP contribution in [0.1, 0.15) is 5.56 Å². The van der Waals surface area contributed by atoms with Gasteiger partial charge in [-0.2, -0.15) is 5.10 Å². The summed E-state index contributed by atoms with van der Waals surface area (Å²) in [5.41, 5.74) is 13.3. The lowest BCUT2D eigenvalue weighted by atomic mass is 10.2. The third-order valence-corrected chi connectivity index (χ3v) is 2.10. The molecule has 0 fully saturated rings. The molecular formula is C10H11ClN4O2S. The van der Waals surface area contributed by atoms with E-state index in [1.54, 1.807) is 18.2 Å². The van der Waals surface area contributed by atoms with Crippen LogP contribution in [0.15, 0.2) is 23.3 Å². The zero-order valence-electron chi connectivity index (χ0n) is 9.22. The SMILES string of the molecule is NC(=O)COc1ccc(/C=N\NC(N)=S)cc1Cl. The summed E-state index contributed by atoms with van der Waals surface area (Å²) in [6.45, 7) is -0.226. The molecular weight excluding hydrogens is 276 g/mol. The Hall–Kier alpha value is -1.86. The summed E-state index contributed by atoms with van der Waals surface area (Å²) in [6.07, 6.45) is 1.49. The fraction of sp³-hybridized carbons (Fsp3) is 0.100. The number of amides is 1. The second-order valence-corrected chi connectivity index (χ2v) is 4.03. The lowest BCUT2D eigenvalue weighted by molar-refractivity contribution is -0.119. The summed E-state index contributed by atoms with van der Waals surface area (Å²) in [4.78, 5) is 10.6. The second-order valence-electron chi connectivity index (χ2n) is 3.18. The average Bonchev–Trinajstić information content (AvgIpc) is 2.27. The fourth-order valence-corrected chi connectivity index (χ4v) is 1.33. The number of carbonyl (C=O) groups is 1. The maximum atomic E-state index is 10.6. The maximum Gasteiger partial charge on any atom is 0.255 e. The number of nitrogens with one attached hydrogen (secondary N) is 1. The van der Waals surface area contributed by atoms with Crippen molar-refractivity contribution in [3.8, 4) is 5.75 Å². The molecule has 0 unspecified atom stereocenters. The van der Waals surface area contributed by atoms with Crippen LogP contribution in [0.5, 0.6) is 5.75 Å². The molecule has 5 N–H and O–H groups in total. The van der Waals surface area contributed by atoms with Crippen molar-refractivity contribution in [2.24, 2.45) is 16.6 Å². The summed E-state index contributed by atoms with van der Waals surface area (Å²) in [5, 5.41) is 4.18. The number of halogens is 1. The van der Waals surface area contributed by atoms with E-state index in [0.29, 0.717) is 10.8 Å². The van der Waals surface area contributed by atoms with Gasteiger partial charge in [-0.05, 0) is 36.0 Å². The summed E-state index contributed by atoms with van der Waals surface area (Å²) in [7, 11) is 0. The van der Waals surface area contributed by atoms with Crippen LogP contribution in [0.3, 0.4) is 0 Å². The highest BCUT2D eigenvalue weighted by Gasteiger charge is 2.03. The van der Waals surface area contributed by atoms with E-state index < -0.39 is 5.91 Å². The van der Waals surface area contributed by atoms with E-state index in [2.05, 4.69) is 22.7 Å². The van der Waals surface area contributed by atoms with Gasteiger partial charge in [-0.25, -0.2) is 0 Å². The molecule has 0 aromatic heterocycles. The van der Waals surface area contributed by atoms with Gasteiger partial charge in [-0.3, -0.25) is 10.2 Å². The molecule has 18 heavy (non-hydrogen) atoms. The minimum atomic E-state index is -0.572. The highest BCUT2D eigenvalue weighted by atomic mass is 35.5. The first-order valence-electron chi connectivity index (χ1n) is 4.78. The van der Waals surface area contributed by atoms with Gasteiger partial charge in [0.2, 0.25) is 0 Å². The van der Waals surface area contributed by atoms with Gasteiger partial charge >= 0.3 is 0 Å². The number of thiocarbonyl (C=S) groups is 1. The number of hydrazone groups is 1. The predicted molar refractivity (Wildman–Crippen MR) is 73.7 cm³/mol. The Labute approximate surface area is 114 Å². The monoisotopic (exact) mass is 286 g/mol. The smallest absolute Gasteiger partial charge is 0.255 e. The van der Waals surface area contributed by atoms with Crippen LogP contribution in [0.25, 0.3) is 0 Å². The number of hydrogen-bond acceptors (Lipinski definition) is 4. The fourth-order valence-electron chi connectivity index (χ4n) is 1.03. The van der Waals surface area contributed by atoms with E-state index in [4.69, 9.17) is 27.8 Å². The van der Waals surface area contributed by atoms with E-state index >= 15 is 0 Å². The van der Waals surface area contributed by atoms with Crippen LogP contribution in [0, 0.1) is 0 Å². The van der Waals surface area contributed by atoms with Crippen molar-refractivity contribution in [1.29, 1.82) is 0 Å². The van der Waals surface area contributed by atoms with Gasteiger partial charge in [0.15, 0.2) is 11.7 Å². The number of nitrogens with two attached hydrogens (primary N) is 2. The standard InChI is InChI=1S/C10H11ClN4O2S/c11-7-3-6(4-14-15-10(13)18)1-2-8(7)17-5-9(12)16/h1-4H,5H2,(H2,12,16)(H3,13,15,18)/b14-4-. The highest BCUT2D eigenvalue weighted by Crippen LogP contribution is 2.24. The molecule has 0 radical (unpaired) electrons. The molecule has 0 saturated heterocycles. The van der Waals surface area contributed by atoms with Gasteiger partial charge in [0.25, 0.3) is 5.91 Å². The van der Waals surface area contributed by atoms with Crippen molar-refractivity contribution in [2.75, 3.05) is 6.61 Å². The minimum absolute atomic E-state index is 0.0683. The molecule has 1 aromatic rings. The highest BCUT2D eigenvalue weighted by molar-refractivity contribution is 7.80. The van der Waals surface area contributed by atoms with Crippen LogP contribution in [0.2, 0.25) is 5.02 Å². The van der Waals surface area contributed by atoms with Crippen molar-refractivity contribution in [3.63, 3.8) is 0 Å². The van der Waals surface area contributed by atoms with Gasteiger partial charge < -0.3 is 16.2 Å². The van der Waals surface area contributed by atoms with E-state index in [1.165, 1.54) is 6.21 Å². The lowest BCUT2D eigenvalue weighted by Crippen LogP contribution is -2.23. The van der Waals surface area contributed by atoms with Gasteiger partial charge in [-0.15, -0.1) is 0 Å². The molecule has 0 bridgehead atoms. The molecule has 1 aromatic carbocycles. The number of carbonyl (C=O) groups excluding carboxylic acids is 1. The number of hydrogen-bond donors (Lipinski definition) is 3. The minimum Gasteiger partial charge on any atom is -0.482 e. The molecule has 0 aliphatic heterocycles. The van der Waals surface area contributed by atoms with E-state index in [9.17, 15) is 4.79 Å². The van der Waals surface area contributed by atoms with Gasteiger partial charge in [0.1, 0.15) is 5.75 Å². The Bertz CT molecular complexity index is 493. The average molecular weight is 287 g/mol. The molecule has 0 saturated carbocycles. The Balaban J connectivity index is 2.69. The van der Waals surface area contributed by atoms with Crippen molar-refractivity contribution < 1.29 is 9.53 Å². The number of nitrogens with zero attached hydrogens (tertiary/aromatic N) is 1. The molecule has 0 spiro atoms.